The molecule has 2 heterocycles. The predicted molar refractivity (Wildman–Crippen MR) is 100 cm³/mol. The van der Waals surface area contributed by atoms with Crippen LogP contribution in [0.4, 0.5) is 19.0 Å². The number of aryl methyl sites for hydroxylation is 1. The largest absolute Gasteiger partial charge is 0.416 e. The van der Waals surface area contributed by atoms with Gasteiger partial charge in [0, 0.05) is 18.8 Å². The molecule has 0 saturated heterocycles. The van der Waals surface area contributed by atoms with Gasteiger partial charge in [0.15, 0.2) is 10.9 Å². The minimum Gasteiger partial charge on any atom is -0.360 e. The summed E-state index contributed by atoms with van der Waals surface area (Å²) in [7, 11) is 1.67. The van der Waals surface area contributed by atoms with Gasteiger partial charge in [-0.1, -0.05) is 17.3 Å². The van der Waals surface area contributed by atoms with E-state index in [1.165, 1.54) is 18.2 Å². The van der Waals surface area contributed by atoms with Gasteiger partial charge in [0.05, 0.1) is 17.2 Å². The first kappa shape index (κ1) is 19.9. The molecule has 28 heavy (non-hydrogen) atoms. The van der Waals surface area contributed by atoms with Crippen molar-refractivity contribution in [1.29, 1.82) is 0 Å². The number of thiocarbonyl (C=S) groups is 1. The molecule has 0 saturated carbocycles. The number of anilines is 1. The van der Waals surface area contributed by atoms with E-state index < -0.39 is 23.7 Å². The topological polar surface area (TPSA) is 70.4 Å². The molecule has 0 bridgehead atoms. The Morgan fingerprint density at radius 2 is 2.04 bits per heavy atom. The van der Waals surface area contributed by atoms with E-state index in [1.807, 2.05) is 0 Å². The number of hydrogen-bond donors (Lipinski definition) is 2. The Balaban J connectivity index is 2.03. The second-order valence-corrected chi connectivity index (χ2v) is 6.73. The van der Waals surface area contributed by atoms with Crippen LogP contribution in [0.2, 0.25) is 0 Å². The summed E-state index contributed by atoms with van der Waals surface area (Å²) in [6.45, 7) is 3.35. The molecule has 148 valence electrons. The lowest BCUT2D eigenvalue weighted by Crippen LogP contribution is -2.46. The fraction of sp³-hybridized carbons (Fsp3) is 0.278. The number of carbonyl (C=O) groups excluding carboxylic acids is 1. The molecule has 1 atom stereocenters. The number of hydrogen-bond acceptors (Lipinski definition) is 4. The number of nitrogens with one attached hydrogen (secondary N) is 2. The van der Waals surface area contributed by atoms with Crippen molar-refractivity contribution in [3.63, 3.8) is 0 Å². The van der Waals surface area contributed by atoms with Crippen LogP contribution in [-0.2, 0) is 11.0 Å². The van der Waals surface area contributed by atoms with Gasteiger partial charge in [-0.2, -0.15) is 13.2 Å². The smallest absolute Gasteiger partial charge is 0.360 e. The number of halogens is 3. The first-order valence-electron chi connectivity index (χ1n) is 8.24. The van der Waals surface area contributed by atoms with Crippen molar-refractivity contribution in [1.82, 2.24) is 15.4 Å². The summed E-state index contributed by atoms with van der Waals surface area (Å²) in [5.41, 5.74) is 0.215. The zero-order chi connectivity index (χ0) is 20.6. The van der Waals surface area contributed by atoms with E-state index in [1.54, 1.807) is 25.8 Å². The third kappa shape index (κ3) is 3.86. The number of benzene rings is 1. The number of rotatable bonds is 3. The zero-order valence-corrected chi connectivity index (χ0v) is 16.0. The molecule has 1 unspecified atom stereocenters. The molecule has 1 aliphatic rings. The van der Waals surface area contributed by atoms with Crippen LogP contribution in [0.1, 0.15) is 29.9 Å². The summed E-state index contributed by atoms with van der Waals surface area (Å²) >= 11 is 5.26. The summed E-state index contributed by atoms with van der Waals surface area (Å²) in [5, 5.41) is 9.57. The molecule has 2 N–H and O–H groups in total. The highest BCUT2D eigenvalue weighted by Crippen LogP contribution is 2.35. The quantitative estimate of drug-likeness (QED) is 0.751. The summed E-state index contributed by atoms with van der Waals surface area (Å²) in [6, 6.07) is 5.49. The number of nitrogens with zero attached hydrogens (tertiary/aromatic N) is 2. The highest BCUT2D eigenvalue weighted by atomic mass is 32.1. The minimum atomic E-state index is -4.50. The molecule has 0 spiro atoms. The molecule has 6 nitrogen and oxygen atoms in total. The van der Waals surface area contributed by atoms with Gasteiger partial charge in [-0.15, -0.1) is 0 Å². The van der Waals surface area contributed by atoms with Crippen LogP contribution < -0.4 is 10.6 Å². The van der Waals surface area contributed by atoms with Crippen LogP contribution in [0, 0.1) is 6.92 Å². The Morgan fingerprint density at radius 1 is 1.32 bits per heavy atom. The van der Waals surface area contributed by atoms with Gasteiger partial charge in [-0.25, -0.2) is 0 Å². The molecule has 0 fully saturated rings. The predicted octanol–water partition coefficient (Wildman–Crippen LogP) is 3.78. The molecule has 1 amide bonds. The van der Waals surface area contributed by atoms with Crippen LogP contribution in [0.25, 0.3) is 0 Å². The normalized spacial score (nSPS) is 17.6. The van der Waals surface area contributed by atoms with Crippen LogP contribution in [0.3, 0.4) is 0 Å². The fourth-order valence-corrected chi connectivity index (χ4v) is 3.14. The first-order valence-corrected chi connectivity index (χ1v) is 8.65. The molecule has 1 aromatic carbocycles. The van der Waals surface area contributed by atoms with Crippen molar-refractivity contribution >= 4 is 29.1 Å². The number of alkyl halides is 3. The maximum absolute atomic E-state index is 13.1. The lowest BCUT2D eigenvalue weighted by atomic mass is 9.93. The van der Waals surface area contributed by atoms with Crippen LogP contribution >= 0.6 is 12.2 Å². The minimum absolute atomic E-state index is 0.210. The highest BCUT2D eigenvalue weighted by Gasteiger charge is 2.35. The van der Waals surface area contributed by atoms with Crippen molar-refractivity contribution in [3.05, 3.63) is 58.5 Å². The van der Waals surface area contributed by atoms with Gasteiger partial charge in [-0.3, -0.25) is 4.79 Å². The second-order valence-electron chi connectivity index (χ2n) is 6.34. The lowest BCUT2D eigenvalue weighted by Gasteiger charge is -2.35. The van der Waals surface area contributed by atoms with Crippen molar-refractivity contribution in [3.8, 4) is 0 Å². The molecule has 0 aliphatic carbocycles. The van der Waals surface area contributed by atoms with Gasteiger partial charge < -0.3 is 20.1 Å². The van der Waals surface area contributed by atoms with E-state index in [9.17, 15) is 18.0 Å². The van der Waals surface area contributed by atoms with E-state index in [4.69, 9.17) is 16.7 Å². The van der Waals surface area contributed by atoms with E-state index in [2.05, 4.69) is 15.8 Å². The monoisotopic (exact) mass is 410 g/mol. The van der Waals surface area contributed by atoms with Gasteiger partial charge in [0.2, 0.25) is 0 Å². The molecular formula is C18H17F3N4O2S. The van der Waals surface area contributed by atoms with Crippen molar-refractivity contribution in [2.24, 2.45) is 0 Å². The summed E-state index contributed by atoms with van der Waals surface area (Å²) < 4.78 is 44.3. The molecule has 0 radical (unpaired) electrons. The van der Waals surface area contributed by atoms with Crippen molar-refractivity contribution in [2.75, 3.05) is 12.4 Å². The van der Waals surface area contributed by atoms with E-state index in [-0.39, 0.29) is 17.0 Å². The molecule has 1 aromatic heterocycles. The third-order valence-corrected chi connectivity index (χ3v) is 4.81. The van der Waals surface area contributed by atoms with Crippen LogP contribution in [0.5, 0.6) is 0 Å². The van der Waals surface area contributed by atoms with Gasteiger partial charge in [0.1, 0.15) is 5.76 Å². The van der Waals surface area contributed by atoms with Crippen LogP contribution in [-0.4, -0.2) is 28.1 Å². The molecule has 2 aromatic rings. The van der Waals surface area contributed by atoms with E-state index in [0.29, 0.717) is 16.6 Å². The Kier molecular flexibility index (Phi) is 5.16. The van der Waals surface area contributed by atoms with E-state index in [0.717, 1.165) is 12.1 Å². The Hall–Kier alpha value is -2.88. The number of amides is 1. The first-order chi connectivity index (χ1) is 13.1. The van der Waals surface area contributed by atoms with Crippen LogP contribution in [0.15, 0.2) is 46.1 Å². The Labute approximate surface area is 164 Å². The average Bonchev–Trinajstić information content (AvgIpc) is 3.03. The average molecular weight is 410 g/mol. The maximum atomic E-state index is 13.1. The SMILES string of the molecule is CC1=C(C(=O)Nc2cc(C)on2)C(c2cccc(C(F)(F)F)c2)NC(=S)N1C. The van der Waals surface area contributed by atoms with Gasteiger partial charge in [-0.05, 0) is 43.8 Å². The van der Waals surface area contributed by atoms with Crippen molar-refractivity contribution < 1.29 is 22.5 Å². The number of aromatic nitrogens is 1. The van der Waals surface area contributed by atoms with E-state index >= 15 is 0 Å². The second kappa shape index (κ2) is 7.27. The standard InChI is InChI=1S/C18H17F3N4O2S/c1-9-7-13(24-27-9)22-16(26)14-10(2)25(3)17(28)23-15(14)11-5-4-6-12(8-11)18(19,20)21/h4-8,15H,1-3H3,(H,23,28)(H,22,24,26). The summed E-state index contributed by atoms with van der Waals surface area (Å²) in [6.07, 6.45) is -4.50. The lowest BCUT2D eigenvalue weighted by molar-refractivity contribution is -0.137. The highest BCUT2D eigenvalue weighted by molar-refractivity contribution is 7.80. The summed E-state index contributed by atoms with van der Waals surface area (Å²) in [5.74, 6) is 0.201. The fourth-order valence-electron chi connectivity index (χ4n) is 2.88. The van der Waals surface area contributed by atoms with Gasteiger partial charge in [0.25, 0.3) is 5.91 Å². The maximum Gasteiger partial charge on any atom is 0.416 e. The number of carbonyl (C=O) groups is 1. The molecule has 10 heteroatoms. The Morgan fingerprint density at radius 3 is 2.64 bits per heavy atom. The number of allylic oxidation sites excluding steroid dienone is 1. The van der Waals surface area contributed by atoms with Crippen molar-refractivity contribution in [2.45, 2.75) is 26.1 Å². The third-order valence-electron chi connectivity index (χ3n) is 4.42. The molecule has 1 aliphatic heterocycles. The summed E-state index contributed by atoms with van der Waals surface area (Å²) in [4.78, 5) is 14.5. The van der Waals surface area contributed by atoms with Gasteiger partial charge >= 0.3 is 6.18 Å². The molecular weight excluding hydrogens is 393 g/mol. The Bertz CT molecular complexity index is 968. The zero-order valence-electron chi connectivity index (χ0n) is 15.2. The molecule has 3 rings (SSSR count).